The first-order valence-electron chi connectivity index (χ1n) is 11.2. The van der Waals surface area contributed by atoms with Crippen LogP contribution in [0.25, 0.3) is 10.9 Å². The number of piperazine rings is 1. The molecule has 0 saturated carbocycles. The summed E-state index contributed by atoms with van der Waals surface area (Å²) >= 11 is 0. The fourth-order valence-corrected chi connectivity index (χ4v) is 4.11. The zero-order chi connectivity index (χ0) is 21.5. The predicted octanol–water partition coefficient (Wildman–Crippen LogP) is 2.68. The number of fused-ring (bicyclic) bond motifs is 1. The van der Waals surface area contributed by atoms with Crippen molar-refractivity contribution in [2.75, 3.05) is 52.9 Å². The van der Waals surface area contributed by atoms with E-state index >= 15 is 0 Å². The molecule has 30 heavy (non-hydrogen) atoms. The molecule has 1 unspecified atom stereocenters. The SMILES string of the molecule is CCNC(=NCC(C(C)C)N1CCN(C)CC1)NCCc1c[nH]c2cc(F)ccc12. The van der Waals surface area contributed by atoms with Gasteiger partial charge < -0.3 is 20.5 Å². The molecular formula is C23H37FN6. The van der Waals surface area contributed by atoms with E-state index in [9.17, 15) is 4.39 Å². The maximum Gasteiger partial charge on any atom is 0.191 e. The zero-order valence-corrected chi connectivity index (χ0v) is 18.8. The van der Waals surface area contributed by atoms with Crippen molar-refractivity contribution in [3.63, 3.8) is 0 Å². The van der Waals surface area contributed by atoms with E-state index in [1.165, 1.54) is 11.6 Å². The summed E-state index contributed by atoms with van der Waals surface area (Å²) in [5.41, 5.74) is 2.03. The number of aromatic nitrogens is 1. The summed E-state index contributed by atoms with van der Waals surface area (Å²) in [7, 11) is 2.19. The first-order chi connectivity index (χ1) is 14.5. The van der Waals surface area contributed by atoms with Crippen LogP contribution in [0.1, 0.15) is 26.3 Å². The fourth-order valence-electron chi connectivity index (χ4n) is 4.11. The van der Waals surface area contributed by atoms with Crippen LogP contribution < -0.4 is 10.6 Å². The van der Waals surface area contributed by atoms with Gasteiger partial charge in [0.05, 0.1) is 6.54 Å². The number of hydrogen-bond donors (Lipinski definition) is 3. The second-order valence-electron chi connectivity index (χ2n) is 8.55. The van der Waals surface area contributed by atoms with Gasteiger partial charge in [0.25, 0.3) is 0 Å². The van der Waals surface area contributed by atoms with Gasteiger partial charge in [-0.3, -0.25) is 9.89 Å². The standard InChI is InChI=1S/C23H37FN6/c1-5-25-23(28-16-22(17(2)3)30-12-10-29(4)11-13-30)26-9-8-18-15-27-21-14-19(24)6-7-20(18)21/h6-7,14-15,17,22,27H,5,8-13,16H2,1-4H3,(H2,25,26,28). The number of aromatic amines is 1. The van der Waals surface area contributed by atoms with E-state index in [2.05, 4.69) is 53.2 Å². The molecule has 1 aliphatic rings. The Hall–Kier alpha value is -2.12. The Morgan fingerprint density at radius 1 is 1.20 bits per heavy atom. The van der Waals surface area contributed by atoms with Crippen LogP contribution in [0.2, 0.25) is 0 Å². The first-order valence-corrected chi connectivity index (χ1v) is 11.2. The minimum Gasteiger partial charge on any atom is -0.361 e. The van der Waals surface area contributed by atoms with E-state index in [-0.39, 0.29) is 5.82 Å². The van der Waals surface area contributed by atoms with E-state index in [0.717, 1.165) is 69.1 Å². The number of aliphatic imine (C=N–C) groups is 1. The Bertz CT molecular complexity index is 822. The lowest BCUT2D eigenvalue weighted by Crippen LogP contribution is -2.52. The molecule has 1 fully saturated rings. The van der Waals surface area contributed by atoms with E-state index in [1.54, 1.807) is 6.07 Å². The summed E-state index contributed by atoms with van der Waals surface area (Å²) in [4.78, 5) is 13.0. The van der Waals surface area contributed by atoms with Gasteiger partial charge in [-0.05, 0) is 50.1 Å². The summed E-state index contributed by atoms with van der Waals surface area (Å²) in [6.45, 7) is 13.5. The number of H-pyrrole nitrogens is 1. The molecule has 1 saturated heterocycles. The van der Waals surface area contributed by atoms with Crippen LogP contribution in [-0.2, 0) is 6.42 Å². The van der Waals surface area contributed by atoms with Gasteiger partial charge in [0.2, 0.25) is 0 Å². The van der Waals surface area contributed by atoms with Gasteiger partial charge in [0, 0.05) is 62.4 Å². The third-order valence-corrected chi connectivity index (χ3v) is 5.97. The molecule has 2 heterocycles. The van der Waals surface area contributed by atoms with Crippen molar-refractivity contribution in [2.24, 2.45) is 10.9 Å². The molecule has 3 rings (SSSR count). The maximum atomic E-state index is 13.4. The topological polar surface area (TPSA) is 58.7 Å². The van der Waals surface area contributed by atoms with Gasteiger partial charge in [0.15, 0.2) is 5.96 Å². The quantitative estimate of drug-likeness (QED) is 0.457. The van der Waals surface area contributed by atoms with Crippen molar-refractivity contribution in [3.05, 3.63) is 35.8 Å². The van der Waals surface area contributed by atoms with Crippen LogP contribution in [0.15, 0.2) is 29.4 Å². The summed E-state index contributed by atoms with van der Waals surface area (Å²) in [5.74, 6) is 1.21. The number of rotatable bonds is 8. The molecule has 1 aromatic heterocycles. The molecule has 1 aromatic carbocycles. The van der Waals surface area contributed by atoms with E-state index < -0.39 is 0 Å². The third kappa shape index (κ3) is 5.95. The lowest BCUT2D eigenvalue weighted by molar-refractivity contribution is 0.0925. The van der Waals surface area contributed by atoms with Crippen LogP contribution in [0.5, 0.6) is 0 Å². The van der Waals surface area contributed by atoms with E-state index in [1.807, 2.05) is 12.3 Å². The normalized spacial score (nSPS) is 17.6. The molecule has 166 valence electrons. The number of halogens is 1. The summed E-state index contributed by atoms with van der Waals surface area (Å²) in [6, 6.07) is 5.36. The van der Waals surface area contributed by atoms with Gasteiger partial charge in [0.1, 0.15) is 5.82 Å². The molecule has 7 heteroatoms. The molecule has 0 spiro atoms. The predicted molar refractivity (Wildman–Crippen MR) is 124 cm³/mol. The fraction of sp³-hybridized carbons (Fsp3) is 0.609. The Morgan fingerprint density at radius 3 is 2.67 bits per heavy atom. The zero-order valence-electron chi connectivity index (χ0n) is 18.8. The molecular weight excluding hydrogens is 379 g/mol. The number of nitrogens with one attached hydrogen (secondary N) is 3. The van der Waals surface area contributed by atoms with E-state index in [0.29, 0.717) is 12.0 Å². The number of benzene rings is 1. The number of nitrogens with zero attached hydrogens (tertiary/aromatic N) is 3. The molecule has 1 aliphatic heterocycles. The molecule has 6 nitrogen and oxygen atoms in total. The maximum absolute atomic E-state index is 13.4. The second kappa shape index (κ2) is 10.8. The summed E-state index contributed by atoms with van der Waals surface area (Å²) < 4.78 is 13.4. The van der Waals surface area contributed by atoms with Gasteiger partial charge >= 0.3 is 0 Å². The van der Waals surface area contributed by atoms with Crippen LogP contribution in [-0.4, -0.2) is 79.6 Å². The summed E-state index contributed by atoms with van der Waals surface area (Å²) in [6.07, 6.45) is 2.82. The highest BCUT2D eigenvalue weighted by atomic mass is 19.1. The largest absolute Gasteiger partial charge is 0.361 e. The minimum absolute atomic E-state index is 0.212. The lowest BCUT2D eigenvalue weighted by atomic mass is 10.0. The highest BCUT2D eigenvalue weighted by molar-refractivity contribution is 5.83. The van der Waals surface area contributed by atoms with Gasteiger partial charge in [-0.25, -0.2) is 4.39 Å². The highest BCUT2D eigenvalue weighted by Gasteiger charge is 2.24. The molecule has 0 aliphatic carbocycles. The Labute approximate surface area is 179 Å². The molecule has 0 bridgehead atoms. The number of guanidine groups is 1. The Morgan fingerprint density at radius 2 is 1.97 bits per heavy atom. The van der Waals surface area contributed by atoms with Gasteiger partial charge in [-0.15, -0.1) is 0 Å². The van der Waals surface area contributed by atoms with Gasteiger partial charge in [-0.1, -0.05) is 13.8 Å². The Kier molecular flexibility index (Phi) is 8.10. The minimum atomic E-state index is -0.212. The van der Waals surface area contributed by atoms with E-state index in [4.69, 9.17) is 4.99 Å². The van der Waals surface area contributed by atoms with Gasteiger partial charge in [-0.2, -0.15) is 0 Å². The lowest BCUT2D eigenvalue weighted by Gasteiger charge is -2.39. The van der Waals surface area contributed by atoms with Crippen molar-refractivity contribution in [3.8, 4) is 0 Å². The average Bonchev–Trinajstić information content (AvgIpc) is 3.11. The summed E-state index contributed by atoms with van der Waals surface area (Å²) in [5, 5.41) is 7.91. The molecule has 2 aromatic rings. The smallest absolute Gasteiger partial charge is 0.191 e. The monoisotopic (exact) mass is 416 g/mol. The average molecular weight is 417 g/mol. The third-order valence-electron chi connectivity index (χ3n) is 5.97. The number of likely N-dealkylation sites (N-methyl/N-ethyl adjacent to an activating group) is 1. The molecule has 0 radical (unpaired) electrons. The van der Waals surface area contributed by atoms with Crippen molar-refractivity contribution >= 4 is 16.9 Å². The second-order valence-corrected chi connectivity index (χ2v) is 8.55. The van der Waals surface area contributed by atoms with Crippen LogP contribution in [0, 0.1) is 11.7 Å². The first kappa shape index (κ1) is 22.6. The van der Waals surface area contributed by atoms with Crippen LogP contribution in [0.4, 0.5) is 4.39 Å². The van der Waals surface area contributed by atoms with Crippen molar-refractivity contribution in [2.45, 2.75) is 33.2 Å². The molecule has 0 amide bonds. The van der Waals surface area contributed by atoms with Crippen LogP contribution >= 0.6 is 0 Å². The number of hydrogen-bond acceptors (Lipinski definition) is 3. The Balaban J connectivity index is 1.57. The molecule has 3 N–H and O–H groups in total. The highest BCUT2D eigenvalue weighted by Crippen LogP contribution is 2.19. The van der Waals surface area contributed by atoms with Crippen molar-refractivity contribution in [1.82, 2.24) is 25.4 Å². The van der Waals surface area contributed by atoms with Crippen LogP contribution in [0.3, 0.4) is 0 Å². The molecule has 1 atom stereocenters. The van der Waals surface area contributed by atoms with Crippen molar-refractivity contribution < 1.29 is 4.39 Å². The van der Waals surface area contributed by atoms with Crippen molar-refractivity contribution in [1.29, 1.82) is 0 Å².